The maximum absolute atomic E-state index is 11.4. The molecule has 0 spiro atoms. The smallest absolute Gasteiger partial charge is 0.333 e. The van der Waals surface area contributed by atoms with Crippen LogP contribution in [-0.2, 0) is 9.53 Å². The number of ether oxygens (including phenoxy) is 1. The highest BCUT2D eigenvalue weighted by atomic mass is 16.5. The van der Waals surface area contributed by atoms with Crippen molar-refractivity contribution in [3.8, 4) is 0 Å². The van der Waals surface area contributed by atoms with E-state index in [1.807, 2.05) is 6.92 Å². The SMILES string of the molecule is CCCCCCCCCCCC(N)C(C)=C(C)C(=O)OC. The fourth-order valence-corrected chi connectivity index (χ4v) is 2.48. The lowest BCUT2D eigenvalue weighted by Gasteiger charge is -2.14. The summed E-state index contributed by atoms with van der Waals surface area (Å²) in [7, 11) is 1.41. The van der Waals surface area contributed by atoms with Crippen molar-refractivity contribution in [2.75, 3.05) is 7.11 Å². The number of unbranched alkanes of at least 4 members (excludes halogenated alkanes) is 8. The zero-order valence-corrected chi connectivity index (χ0v) is 14.5. The largest absolute Gasteiger partial charge is 0.466 e. The molecule has 0 aromatic carbocycles. The summed E-state index contributed by atoms with van der Waals surface area (Å²) in [6.45, 7) is 5.98. The van der Waals surface area contributed by atoms with Gasteiger partial charge >= 0.3 is 5.97 Å². The lowest BCUT2D eigenvalue weighted by molar-refractivity contribution is -0.136. The first-order valence-electron chi connectivity index (χ1n) is 8.55. The Balaban J connectivity index is 3.70. The number of hydrogen-bond donors (Lipinski definition) is 1. The van der Waals surface area contributed by atoms with E-state index in [0.29, 0.717) is 5.57 Å². The van der Waals surface area contributed by atoms with Gasteiger partial charge in [0.1, 0.15) is 0 Å². The summed E-state index contributed by atoms with van der Waals surface area (Å²) in [5.74, 6) is -0.268. The van der Waals surface area contributed by atoms with Crippen LogP contribution in [0.1, 0.15) is 85.0 Å². The molecule has 0 saturated carbocycles. The minimum Gasteiger partial charge on any atom is -0.466 e. The molecule has 0 rings (SSSR count). The van der Waals surface area contributed by atoms with Crippen molar-refractivity contribution >= 4 is 5.97 Å². The van der Waals surface area contributed by atoms with Gasteiger partial charge in [0.15, 0.2) is 0 Å². The molecular weight excluding hydrogens is 262 g/mol. The van der Waals surface area contributed by atoms with Crippen LogP contribution < -0.4 is 5.73 Å². The third-order valence-corrected chi connectivity index (χ3v) is 4.26. The predicted molar refractivity (Wildman–Crippen MR) is 90.2 cm³/mol. The van der Waals surface area contributed by atoms with Crippen molar-refractivity contribution in [1.82, 2.24) is 0 Å². The van der Waals surface area contributed by atoms with Gasteiger partial charge in [-0.1, -0.05) is 64.7 Å². The highest BCUT2D eigenvalue weighted by Gasteiger charge is 2.13. The van der Waals surface area contributed by atoms with Crippen LogP contribution in [-0.4, -0.2) is 19.1 Å². The monoisotopic (exact) mass is 297 g/mol. The van der Waals surface area contributed by atoms with E-state index < -0.39 is 0 Å². The summed E-state index contributed by atoms with van der Waals surface area (Å²) in [6.07, 6.45) is 12.8. The van der Waals surface area contributed by atoms with Gasteiger partial charge in [0.2, 0.25) is 0 Å². The van der Waals surface area contributed by atoms with E-state index in [0.717, 1.165) is 18.4 Å². The van der Waals surface area contributed by atoms with Crippen molar-refractivity contribution < 1.29 is 9.53 Å². The summed E-state index contributed by atoms with van der Waals surface area (Å²) in [6, 6.07) is -0.0198. The lowest BCUT2D eigenvalue weighted by Crippen LogP contribution is -2.23. The zero-order valence-electron chi connectivity index (χ0n) is 14.5. The van der Waals surface area contributed by atoms with Gasteiger partial charge in [-0.2, -0.15) is 0 Å². The second-order valence-electron chi connectivity index (χ2n) is 6.02. The van der Waals surface area contributed by atoms with Gasteiger partial charge in [-0.3, -0.25) is 0 Å². The molecule has 1 atom stereocenters. The van der Waals surface area contributed by atoms with E-state index >= 15 is 0 Å². The summed E-state index contributed by atoms with van der Waals surface area (Å²) in [5, 5.41) is 0. The molecule has 3 nitrogen and oxygen atoms in total. The summed E-state index contributed by atoms with van der Waals surface area (Å²) >= 11 is 0. The maximum atomic E-state index is 11.4. The van der Waals surface area contributed by atoms with E-state index in [9.17, 15) is 4.79 Å². The first-order chi connectivity index (χ1) is 10.0. The van der Waals surface area contributed by atoms with E-state index in [-0.39, 0.29) is 12.0 Å². The number of nitrogens with two attached hydrogens (primary N) is 1. The molecule has 0 bridgehead atoms. The number of methoxy groups -OCH3 is 1. The Hall–Kier alpha value is -0.830. The number of esters is 1. The Bertz CT molecular complexity index is 310. The molecule has 0 saturated heterocycles. The standard InChI is InChI=1S/C18H35NO2/c1-5-6-7-8-9-10-11-12-13-14-17(19)15(2)16(3)18(20)21-4/h17H,5-14,19H2,1-4H3. The Labute approximate surface area is 131 Å². The summed E-state index contributed by atoms with van der Waals surface area (Å²) in [5.41, 5.74) is 7.75. The highest BCUT2D eigenvalue weighted by Crippen LogP contribution is 2.15. The molecule has 3 heteroatoms. The van der Waals surface area contributed by atoms with Gasteiger partial charge in [0.25, 0.3) is 0 Å². The highest BCUT2D eigenvalue weighted by molar-refractivity contribution is 5.88. The van der Waals surface area contributed by atoms with E-state index in [4.69, 9.17) is 10.5 Å². The summed E-state index contributed by atoms with van der Waals surface area (Å²) < 4.78 is 4.73. The lowest BCUT2D eigenvalue weighted by atomic mass is 9.98. The Morgan fingerprint density at radius 2 is 1.43 bits per heavy atom. The molecule has 0 radical (unpaired) electrons. The van der Waals surface area contributed by atoms with Crippen LogP contribution in [0.15, 0.2) is 11.1 Å². The van der Waals surface area contributed by atoms with Crippen LogP contribution in [0.4, 0.5) is 0 Å². The molecule has 1 unspecified atom stereocenters. The minimum absolute atomic E-state index is 0.0198. The third-order valence-electron chi connectivity index (χ3n) is 4.26. The first-order valence-corrected chi connectivity index (χ1v) is 8.55. The van der Waals surface area contributed by atoms with E-state index in [2.05, 4.69) is 6.92 Å². The van der Waals surface area contributed by atoms with Gasteiger partial charge < -0.3 is 10.5 Å². The van der Waals surface area contributed by atoms with Crippen LogP contribution in [0, 0.1) is 0 Å². The predicted octanol–water partition coefficient (Wildman–Crippen LogP) is 4.74. The second kappa shape index (κ2) is 12.9. The Morgan fingerprint density at radius 3 is 1.90 bits per heavy atom. The molecule has 0 fully saturated rings. The van der Waals surface area contributed by atoms with Crippen LogP contribution in [0.5, 0.6) is 0 Å². The average molecular weight is 297 g/mol. The molecule has 0 amide bonds. The van der Waals surface area contributed by atoms with Crippen LogP contribution in [0.25, 0.3) is 0 Å². The van der Waals surface area contributed by atoms with Crippen molar-refractivity contribution in [2.45, 2.75) is 91.0 Å². The van der Waals surface area contributed by atoms with Crippen LogP contribution in [0.3, 0.4) is 0 Å². The number of carbonyl (C=O) groups excluding carboxylic acids is 1. The third kappa shape index (κ3) is 9.67. The molecule has 0 heterocycles. The Morgan fingerprint density at radius 1 is 0.952 bits per heavy atom. The number of hydrogen-bond acceptors (Lipinski definition) is 3. The molecule has 21 heavy (non-hydrogen) atoms. The van der Waals surface area contributed by atoms with Gasteiger partial charge in [-0.25, -0.2) is 4.79 Å². The zero-order chi connectivity index (χ0) is 16.1. The fraction of sp³-hybridized carbons (Fsp3) is 0.833. The number of carbonyl (C=O) groups is 1. The van der Waals surface area contributed by atoms with Gasteiger partial charge in [0.05, 0.1) is 7.11 Å². The van der Waals surface area contributed by atoms with Crippen molar-refractivity contribution in [3.05, 3.63) is 11.1 Å². The second-order valence-corrected chi connectivity index (χ2v) is 6.02. The molecule has 0 aromatic heterocycles. The molecule has 0 aliphatic rings. The molecule has 124 valence electrons. The first kappa shape index (κ1) is 20.2. The van der Waals surface area contributed by atoms with E-state index in [1.54, 1.807) is 6.92 Å². The van der Waals surface area contributed by atoms with Crippen molar-refractivity contribution in [3.63, 3.8) is 0 Å². The molecule has 0 aromatic rings. The number of rotatable bonds is 12. The normalized spacial score (nSPS) is 13.8. The summed E-state index contributed by atoms with van der Waals surface area (Å²) in [4.78, 5) is 11.4. The van der Waals surface area contributed by atoms with Gasteiger partial charge in [-0.05, 0) is 25.8 Å². The maximum Gasteiger partial charge on any atom is 0.333 e. The Kier molecular flexibility index (Phi) is 12.4. The van der Waals surface area contributed by atoms with Crippen molar-refractivity contribution in [2.24, 2.45) is 5.73 Å². The van der Waals surface area contributed by atoms with Gasteiger partial charge in [0, 0.05) is 11.6 Å². The van der Waals surface area contributed by atoms with Crippen molar-refractivity contribution in [1.29, 1.82) is 0 Å². The molecular formula is C18H35NO2. The molecule has 0 aliphatic carbocycles. The van der Waals surface area contributed by atoms with Crippen LogP contribution >= 0.6 is 0 Å². The average Bonchev–Trinajstić information content (AvgIpc) is 2.50. The minimum atomic E-state index is -0.268. The quantitative estimate of drug-likeness (QED) is 0.321. The molecule has 0 aliphatic heterocycles. The fourth-order valence-electron chi connectivity index (χ4n) is 2.48. The van der Waals surface area contributed by atoms with Crippen LogP contribution in [0.2, 0.25) is 0 Å². The topological polar surface area (TPSA) is 52.3 Å². The van der Waals surface area contributed by atoms with E-state index in [1.165, 1.54) is 58.5 Å². The van der Waals surface area contributed by atoms with Gasteiger partial charge in [-0.15, -0.1) is 0 Å². The molecule has 2 N–H and O–H groups in total.